The van der Waals surface area contributed by atoms with E-state index in [0.29, 0.717) is 0 Å². The molecular formula is C29H27NOS2. The number of aromatic nitrogens is 1. The summed E-state index contributed by atoms with van der Waals surface area (Å²) in [6.07, 6.45) is 6.44. The number of thiophene rings is 2. The van der Waals surface area contributed by atoms with Crippen molar-refractivity contribution in [3.05, 3.63) is 70.4 Å². The first-order valence-electron chi connectivity index (χ1n) is 11.8. The Bertz CT molecular complexity index is 1580. The SMILES string of the molecule is CCCCCCc1ccc(-c2ccc3c(c2)oc2c4ccc(-c5ccc(C)s5)cc4[nH]c32)s1. The van der Waals surface area contributed by atoms with Crippen LogP contribution in [-0.2, 0) is 6.42 Å². The summed E-state index contributed by atoms with van der Waals surface area (Å²) in [5.74, 6) is 0. The van der Waals surface area contributed by atoms with Gasteiger partial charge in [0.15, 0.2) is 5.58 Å². The highest BCUT2D eigenvalue weighted by atomic mass is 32.1. The van der Waals surface area contributed by atoms with Crippen LogP contribution < -0.4 is 0 Å². The van der Waals surface area contributed by atoms with Crippen LogP contribution >= 0.6 is 22.7 Å². The van der Waals surface area contributed by atoms with Crippen LogP contribution in [0.3, 0.4) is 0 Å². The van der Waals surface area contributed by atoms with Crippen LogP contribution in [0.4, 0.5) is 0 Å². The van der Waals surface area contributed by atoms with E-state index in [4.69, 9.17) is 4.42 Å². The fraction of sp³-hybridized carbons (Fsp3) is 0.241. The summed E-state index contributed by atoms with van der Waals surface area (Å²) in [5.41, 5.74) is 6.61. The predicted molar refractivity (Wildman–Crippen MR) is 145 cm³/mol. The van der Waals surface area contributed by atoms with Gasteiger partial charge in [0.25, 0.3) is 0 Å². The molecule has 0 amide bonds. The lowest BCUT2D eigenvalue weighted by atomic mass is 10.1. The topological polar surface area (TPSA) is 28.9 Å². The molecule has 0 aliphatic heterocycles. The van der Waals surface area contributed by atoms with Gasteiger partial charge in [-0.1, -0.05) is 38.3 Å². The van der Waals surface area contributed by atoms with Gasteiger partial charge >= 0.3 is 0 Å². The van der Waals surface area contributed by atoms with Crippen LogP contribution in [0.1, 0.15) is 42.4 Å². The summed E-state index contributed by atoms with van der Waals surface area (Å²) in [6.45, 7) is 4.42. The van der Waals surface area contributed by atoms with Crippen molar-refractivity contribution in [2.24, 2.45) is 0 Å². The summed E-state index contributed by atoms with van der Waals surface area (Å²) in [6, 6.07) is 22.2. The molecule has 1 N–H and O–H groups in total. The van der Waals surface area contributed by atoms with Crippen molar-refractivity contribution in [3.63, 3.8) is 0 Å². The zero-order valence-corrected chi connectivity index (χ0v) is 20.7. The van der Waals surface area contributed by atoms with E-state index in [2.05, 4.69) is 79.5 Å². The van der Waals surface area contributed by atoms with Crippen molar-refractivity contribution in [2.75, 3.05) is 0 Å². The van der Waals surface area contributed by atoms with E-state index < -0.39 is 0 Å². The molecule has 4 heterocycles. The van der Waals surface area contributed by atoms with Crippen molar-refractivity contribution < 1.29 is 4.42 Å². The number of fused-ring (bicyclic) bond motifs is 5. The lowest BCUT2D eigenvalue weighted by Crippen LogP contribution is -1.80. The minimum atomic E-state index is 0.950. The third-order valence-electron chi connectivity index (χ3n) is 6.46. The van der Waals surface area contributed by atoms with Crippen LogP contribution in [0, 0.1) is 6.92 Å². The van der Waals surface area contributed by atoms with Crippen LogP contribution in [0.15, 0.2) is 65.1 Å². The number of H-pyrrole nitrogens is 1. The minimum absolute atomic E-state index is 0.950. The van der Waals surface area contributed by atoms with Crippen molar-refractivity contribution in [3.8, 4) is 20.9 Å². The first kappa shape index (κ1) is 20.8. The number of furan rings is 1. The third-order valence-corrected chi connectivity index (χ3v) is 8.71. The second-order valence-corrected chi connectivity index (χ2v) is 11.3. The summed E-state index contributed by atoms with van der Waals surface area (Å²) in [4.78, 5) is 9.07. The number of rotatable bonds is 7. The van der Waals surface area contributed by atoms with Crippen LogP contribution in [0.25, 0.3) is 53.9 Å². The zero-order valence-electron chi connectivity index (χ0n) is 19.0. The van der Waals surface area contributed by atoms with Crippen LogP contribution in [0.2, 0.25) is 0 Å². The molecule has 166 valence electrons. The molecule has 0 saturated heterocycles. The molecule has 4 aromatic heterocycles. The maximum atomic E-state index is 6.39. The normalized spacial score (nSPS) is 11.9. The van der Waals surface area contributed by atoms with Gasteiger partial charge in [0.05, 0.1) is 11.0 Å². The molecule has 0 aliphatic rings. The zero-order chi connectivity index (χ0) is 22.4. The second kappa shape index (κ2) is 8.51. The Kier molecular flexibility index (Phi) is 5.35. The number of benzene rings is 2. The van der Waals surface area contributed by atoms with E-state index in [1.807, 2.05) is 22.7 Å². The van der Waals surface area contributed by atoms with E-state index in [1.165, 1.54) is 62.7 Å². The molecule has 0 fully saturated rings. The van der Waals surface area contributed by atoms with Gasteiger partial charge in [-0.25, -0.2) is 0 Å². The average Bonchev–Trinajstić information content (AvgIpc) is 3.59. The molecule has 0 bridgehead atoms. The highest BCUT2D eigenvalue weighted by molar-refractivity contribution is 7.15. The van der Waals surface area contributed by atoms with Gasteiger partial charge in [0, 0.05) is 30.3 Å². The Balaban J connectivity index is 1.33. The maximum Gasteiger partial charge on any atom is 0.160 e. The van der Waals surface area contributed by atoms with E-state index >= 15 is 0 Å². The Labute approximate surface area is 201 Å². The third kappa shape index (κ3) is 3.81. The standard InChI is InChI=1S/C29H27NOS2/c1-3-4-5-6-7-21-11-15-27(33-21)20-10-13-23-25(17-20)31-29-22-12-9-19(16-24(22)30-28(23)29)26-14-8-18(2)32-26/h8-17,30H,3-7H2,1-2H3. The lowest BCUT2D eigenvalue weighted by Gasteiger charge is -1.99. The van der Waals surface area contributed by atoms with Gasteiger partial charge in [-0.3, -0.25) is 0 Å². The highest BCUT2D eigenvalue weighted by Crippen LogP contribution is 2.39. The Morgan fingerprint density at radius 1 is 0.788 bits per heavy atom. The number of nitrogens with one attached hydrogen (secondary N) is 1. The molecule has 2 nitrogen and oxygen atoms in total. The molecule has 6 aromatic rings. The maximum absolute atomic E-state index is 6.39. The lowest BCUT2D eigenvalue weighted by molar-refractivity contribution is 0.670. The Morgan fingerprint density at radius 3 is 2.39 bits per heavy atom. The smallest absolute Gasteiger partial charge is 0.160 e. The summed E-state index contributed by atoms with van der Waals surface area (Å²) >= 11 is 3.75. The molecule has 4 heteroatoms. The summed E-state index contributed by atoms with van der Waals surface area (Å²) in [5, 5.41) is 2.29. The average molecular weight is 470 g/mol. The molecule has 2 aromatic carbocycles. The molecular weight excluding hydrogens is 442 g/mol. The van der Waals surface area contributed by atoms with Crippen LogP contribution in [0.5, 0.6) is 0 Å². The number of unbranched alkanes of at least 4 members (excludes halogenated alkanes) is 3. The van der Waals surface area contributed by atoms with Crippen LogP contribution in [-0.4, -0.2) is 4.98 Å². The van der Waals surface area contributed by atoms with E-state index in [-0.39, 0.29) is 0 Å². The van der Waals surface area contributed by atoms with Crippen molar-refractivity contribution >= 4 is 55.6 Å². The van der Waals surface area contributed by atoms with E-state index in [9.17, 15) is 0 Å². The Morgan fingerprint density at radius 2 is 1.58 bits per heavy atom. The minimum Gasteiger partial charge on any atom is -0.454 e. The van der Waals surface area contributed by atoms with Gasteiger partial charge < -0.3 is 9.40 Å². The van der Waals surface area contributed by atoms with E-state index in [1.54, 1.807) is 0 Å². The van der Waals surface area contributed by atoms with Gasteiger partial charge in [-0.05, 0) is 79.4 Å². The van der Waals surface area contributed by atoms with Gasteiger partial charge in [-0.2, -0.15) is 0 Å². The van der Waals surface area contributed by atoms with Crippen molar-refractivity contribution in [1.82, 2.24) is 4.98 Å². The fourth-order valence-electron chi connectivity index (χ4n) is 4.68. The first-order valence-corrected chi connectivity index (χ1v) is 13.5. The van der Waals surface area contributed by atoms with Gasteiger partial charge in [0.1, 0.15) is 5.58 Å². The molecule has 0 unspecified atom stereocenters. The molecule has 0 spiro atoms. The summed E-state index contributed by atoms with van der Waals surface area (Å²) in [7, 11) is 0. The second-order valence-electron chi connectivity index (χ2n) is 8.89. The molecule has 6 rings (SSSR count). The molecule has 0 atom stereocenters. The number of aromatic amines is 1. The monoisotopic (exact) mass is 469 g/mol. The molecule has 0 saturated carbocycles. The predicted octanol–water partition coefficient (Wildman–Crippen LogP) is 9.96. The van der Waals surface area contributed by atoms with Crippen molar-refractivity contribution in [2.45, 2.75) is 46.0 Å². The number of aryl methyl sites for hydroxylation is 2. The molecule has 33 heavy (non-hydrogen) atoms. The molecule has 0 aliphatic carbocycles. The first-order chi connectivity index (χ1) is 16.2. The van der Waals surface area contributed by atoms with Gasteiger partial charge in [0.2, 0.25) is 0 Å². The number of hydrogen-bond donors (Lipinski definition) is 1. The Hall–Kier alpha value is -2.82. The summed E-state index contributed by atoms with van der Waals surface area (Å²) < 4.78 is 6.39. The number of hydrogen-bond acceptors (Lipinski definition) is 3. The van der Waals surface area contributed by atoms with Gasteiger partial charge in [-0.15, -0.1) is 22.7 Å². The quantitative estimate of drug-likeness (QED) is 0.232. The fourth-order valence-corrected chi connectivity index (χ4v) is 6.59. The van der Waals surface area contributed by atoms with Crippen molar-refractivity contribution in [1.29, 1.82) is 0 Å². The molecule has 0 radical (unpaired) electrons. The highest BCUT2D eigenvalue weighted by Gasteiger charge is 2.15. The van der Waals surface area contributed by atoms with E-state index in [0.717, 1.165) is 33.0 Å². The largest absolute Gasteiger partial charge is 0.454 e.